The Hall–Kier alpha value is -1.10. The summed E-state index contributed by atoms with van der Waals surface area (Å²) >= 11 is 0. The molecule has 2 heterocycles. The summed E-state index contributed by atoms with van der Waals surface area (Å²) in [6.45, 7) is 5.04. The summed E-state index contributed by atoms with van der Waals surface area (Å²) in [6.07, 6.45) is 2.10. The van der Waals surface area contributed by atoms with E-state index in [1.165, 1.54) is 11.3 Å². The van der Waals surface area contributed by atoms with Crippen molar-refractivity contribution in [2.45, 2.75) is 19.8 Å². The maximum Gasteiger partial charge on any atom is 0.324 e. The van der Waals surface area contributed by atoms with E-state index in [0.29, 0.717) is 18.4 Å². The van der Waals surface area contributed by atoms with Gasteiger partial charge in [-0.1, -0.05) is 6.92 Å². The molecule has 16 heavy (non-hydrogen) atoms. The maximum absolute atomic E-state index is 11.3. The fourth-order valence-electron chi connectivity index (χ4n) is 2.48. The van der Waals surface area contributed by atoms with E-state index in [9.17, 15) is 9.59 Å². The van der Waals surface area contributed by atoms with Gasteiger partial charge in [0, 0.05) is 6.54 Å². The SMILES string of the molecule is CC1CNCC(CCN2C(=O)CNC2=O)C1. The monoisotopic (exact) mass is 225 g/mol. The normalized spacial score (nSPS) is 30.7. The Morgan fingerprint density at radius 2 is 2.19 bits per heavy atom. The number of imide groups is 1. The van der Waals surface area contributed by atoms with E-state index in [-0.39, 0.29) is 18.5 Å². The van der Waals surface area contributed by atoms with Crippen molar-refractivity contribution in [2.24, 2.45) is 11.8 Å². The first-order chi connectivity index (χ1) is 7.66. The van der Waals surface area contributed by atoms with E-state index in [4.69, 9.17) is 0 Å². The van der Waals surface area contributed by atoms with Crippen molar-refractivity contribution in [1.29, 1.82) is 0 Å². The number of nitrogens with zero attached hydrogens (tertiary/aromatic N) is 1. The maximum atomic E-state index is 11.3. The Morgan fingerprint density at radius 1 is 1.38 bits per heavy atom. The molecule has 0 spiro atoms. The Balaban J connectivity index is 1.78. The molecule has 2 N–H and O–H groups in total. The zero-order valence-corrected chi connectivity index (χ0v) is 9.66. The summed E-state index contributed by atoms with van der Waals surface area (Å²) < 4.78 is 0. The third-order valence-electron chi connectivity index (χ3n) is 3.36. The summed E-state index contributed by atoms with van der Waals surface area (Å²) in [5, 5.41) is 5.92. The van der Waals surface area contributed by atoms with Crippen molar-refractivity contribution in [1.82, 2.24) is 15.5 Å². The van der Waals surface area contributed by atoms with Crippen LogP contribution in [0.3, 0.4) is 0 Å². The van der Waals surface area contributed by atoms with Crippen LogP contribution in [0.5, 0.6) is 0 Å². The van der Waals surface area contributed by atoms with Crippen LogP contribution in [0.15, 0.2) is 0 Å². The van der Waals surface area contributed by atoms with Crippen LogP contribution in [0.4, 0.5) is 4.79 Å². The van der Waals surface area contributed by atoms with E-state index in [2.05, 4.69) is 17.6 Å². The van der Waals surface area contributed by atoms with Crippen molar-refractivity contribution >= 4 is 11.9 Å². The van der Waals surface area contributed by atoms with Crippen LogP contribution in [0.2, 0.25) is 0 Å². The fourth-order valence-corrected chi connectivity index (χ4v) is 2.48. The molecule has 3 amide bonds. The molecule has 2 aliphatic heterocycles. The molecule has 0 aromatic heterocycles. The van der Waals surface area contributed by atoms with Crippen LogP contribution in [0, 0.1) is 11.8 Å². The second-order valence-corrected chi connectivity index (χ2v) is 4.86. The van der Waals surface area contributed by atoms with Crippen molar-refractivity contribution in [3.05, 3.63) is 0 Å². The number of piperidine rings is 1. The predicted octanol–water partition coefficient (Wildman–Crippen LogP) is 0.174. The highest BCUT2D eigenvalue weighted by molar-refractivity contribution is 6.01. The zero-order valence-electron chi connectivity index (χ0n) is 9.66. The first-order valence-electron chi connectivity index (χ1n) is 5.95. The van der Waals surface area contributed by atoms with Gasteiger partial charge in [0.25, 0.3) is 0 Å². The molecule has 0 saturated carbocycles. The highest BCUT2D eigenvalue weighted by Crippen LogP contribution is 2.19. The molecule has 2 atom stereocenters. The lowest BCUT2D eigenvalue weighted by Gasteiger charge is -2.28. The molecule has 0 aromatic rings. The van der Waals surface area contributed by atoms with Gasteiger partial charge in [0.1, 0.15) is 0 Å². The lowest BCUT2D eigenvalue weighted by molar-refractivity contribution is -0.125. The minimum absolute atomic E-state index is 0.0955. The van der Waals surface area contributed by atoms with Crippen LogP contribution >= 0.6 is 0 Å². The molecule has 90 valence electrons. The van der Waals surface area contributed by atoms with E-state index in [1.54, 1.807) is 0 Å². The Bertz CT molecular complexity index is 277. The largest absolute Gasteiger partial charge is 0.329 e. The lowest BCUT2D eigenvalue weighted by Crippen LogP contribution is -2.38. The molecule has 5 heteroatoms. The van der Waals surface area contributed by atoms with Gasteiger partial charge >= 0.3 is 6.03 Å². The Labute approximate surface area is 95.6 Å². The fraction of sp³-hybridized carbons (Fsp3) is 0.818. The molecular weight excluding hydrogens is 206 g/mol. The topological polar surface area (TPSA) is 61.4 Å². The van der Waals surface area contributed by atoms with Crippen LogP contribution in [0.25, 0.3) is 0 Å². The van der Waals surface area contributed by atoms with Gasteiger partial charge in [-0.05, 0) is 37.8 Å². The van der Waals surface area contributed by atoms with Crippen LogP contribution in [-0.2, 0) is 4.79 Å². The molecule has 2 saturated heterocycles. The average Bonchev–Trinajstić information content (AvgIpc) is 2.56. The Morgan fingerprint density at radius 3 is 2.81 bits per heavy atom. The molecular formula is C11H19N3O2. The van der Waals surface area contributed by atoms with Crippen molar-refractivity contribution in [2.75, 3.05) is 26.2 Å². The summed E-state index contributed by atoms with van der Waals surface area (Å²) in [5.41, 5.74) is 0. The highest BCUT2D eigenvalue weighted by Gasteiger charge is 2.29. The van der Waals surface area contributed by atoms with Gasteiger partial charge < -0.3 is 10.6 Å². The van der Waals surface area contributed by atoms with E-state index < -0.39 is 0 Å². The molecule has 0 bridgehead atoms. The smallest absolute Gasteiger partial charge is 0.324 e. The highest BCUT2D eigenvalue weighted by atomic mass is 16.2. The van der Waals surface area contributed by atoms with Crippen molar-refractivity contribution in [3.8, 4) is 0 Å². The number of rotatable bonds is 3. The second-order valence-electron chi connectivity index (χ2n) is 4.86. The zero-order chi connectivity index (χ0) is 11.5. The first-order valence-corrected chi connectivity index (χ1v) is 5.95. The van der Waals surface area contributed by atoms with Crippen LogP contribution in [0.1, 0.15) is 19.8 Å². The van der Waals surface area contributed by atoms with Gasteiger partial charge in [-0.25, -0.2) is 4.79 Å². The molecule has 2 aliphatic rings. The third kappa shape index (κ3) is 2.52. The summed E-state index contributed by atoms with van der Waals surface area (Å²) in [5.74, 6) is 1.19. The molecule has 2 rings (SSSR count). The molecule has 0 aromatic carbocycles. The minimum atomic E-state index is -0.234. The molecule has 0 aliphatic carbocycles. The van der Waals surface area contributed by atoms with E-state index >= 15 is 0 Å². The van der Waals surface area contributed by atoms with E-state index in [1.807, 2.05) is 0 Å². The van der Waals surface area contributed by atoms with Crippen LogP contribution < -0.4 is 10.6 Å². The summed E-state index contributed by atoms with van der Waals surface area (Å²) in [4.78, 5) is 24.0. The number of nitrogens with one attached hydrogen (secondary N) is 2. The minimum Gasteiger partial charge on any atom is -0.329 e. The van der Waals surface area contributed by atoms with Gasteiger partial charge in [-0.15, -0.1) is 0 Å². The summed E-state index contributed by atoms with van der Waals surface area (Å²) in [7, 11) is 0. The van der Waals surface area contributed by atoms with Crippen LogP contribution in [-0.4, -0.2) is 43.0 Å². The number of amides is 3. The van der Waals surface area contributed by atoms with Crippen molar-refractivity contribution in [3.63, 3.8) is 0 Å². The van der Waals surface area contributed by atoms with Gasteiger partial charge in [-0.2, -0.15) is 0 Å². The third-order valence-corrected chi connectivity index (χ3v) is 3.36. The lowest BCUT2D eigenvalue weighted by atomic mass is 9.89. The number of carbonyl (C=O) groups excluding carboxylic acids is 2. The van der Waals surface area contributed by atoms with Gasteiger partial charge in [0.15, 0.2) is 0 Å². The van der Waals surface area contributed by atoms with E-state index in [0.717, 1.165) is 19.5 Å². The second kappa shape index (κ2) is 4.82. The number of urea groups is 1. The number of hydrogen-bond donors (Lipinski definition) is 2. The molecule has 2 unspecified atom stereocenters. The Kier molecular flexibility index (Phi) is 3.43. The first kappa shape index (κ1) is 11.4. The van der Waals surface area contributed by atoms with Gasteiger partial charge in [0.05, 0.1) is 6.54 Å². The van der Waals surface area contributed by atoms with Gasteiger partial charge in [0.2, 0.25) is 5.91 Å². The molecule has 0 radical (unpaired) electrons. The number of hydrogen-bond acceptors (Lipinski definition) is 3. The van der Waals surface area contributed by atoms with Gasteiger partial charge in [-0.3, -0.25) is 9.69 Å². The molecule has 5 nitrogen and oxygen atoms in total. The summed E-state index contributed by atoms with van der Waals surface area (Å²) in [6, 6.07) is -0.234. The number of carbonyl (C=O) groups is 2. The quantitative estimate of drug-likeness (QED) is 0.673. The molecule has 2 fully saturated rings. The average molecular weight is 225 g/mol. The predicted molar refractivity (Wildman–Crippen MR) is 59.9 cm³/mol. The van der Waals surface area contributed by atoms with Crippen molar-refractivity contribution < 1.29 is 9.59 Å². The standard InChI is InChI=1S/C11H19N3O2/c1-8-4-9(6-12-5-8)2-3-14-10(15)7-13-11(14)16/h8-9,12H,2-7H2,1H3,(H,13,16).